The molecule has 0 bridgehead atoms. The molecule has 1 fully saturated rings. The molecule has 2 atom stereocenters. The number of piperidine rings is 1. The molecule has 3 heterocycles. The maximum absolute atomic E-state index is 15.0. The third-order valence-electron chi connectivity index (χ3n) is 8.01. The standard InChI is InChI=1S/C31H41F2N7O/c1-8-39-13-11-22(12-14-39)28(20(5)41)19(4)9-10-27(34-7)37-31-35-17-25(33)29(38-31)23-15-24(32)30-26(16-23)40(18(2)3)21(6)36-30/h9-10,15-18,20,22,28,41H,7-8,11-14H2,1-6H3,(H,35,37,38)/b19-9+,27-10+/t20-,28-/m0/s1. The molecule has 0 spiro atoms. The van der Waals surface area contributed by atoms with Gasteiger partial charge in [-0.2, -0.15) is 0 Å². The average Bonchev–Trinajstić information content (AvgIpc) is 3.28. The van der Waals surface area contributed by atoms with Crippen molar-refractivity contribution in [1.82, 2.24) is 24.4 Å². The summed E-state index contributed by atoms with van der Waals surface area (Å²) in [5, 5.41) is 13.6. The van der Waals surface area contributed by atoms with E-state index in [1.54, 1.807) is 12.1 Å². The molecular weight excluding hydrogens is 524 g/mol. The van der Waals surface area contributed by atoms with Crippen LogP contribution in [-0.2, 0) is 0 Å². The Morgan fingerprint density at radius 1 is 1.17 bits per heavy atom. The summed E-state index contributed by atoms with van der Waals surface area (Å²) >= 11 is 0. The molecule has 2 N–H and O–H groups in total. The number of aliphatic hydroxyl groups excluding tert-OH is 1. The quantitative estimate of drug-likeness (QED) is 0.222. The molecule has 0 amide bonds. The zero-order chi connectivity index (χ0) is 29.8. The van der Waals surface area contributed by atoms with E-state index in [9.17, 15) is 9.50 Å². The van der Waals surface area contributed by atoms with Crippen molar-refractivity contribution in [2.45, 2.75) is 66.5 Å². The number of aliphatic hydroxyl groups is 1. The van der Waals surface area contributed by atoms with E-state index >= 15 is 4.39 Å². The summed E-state index contributed by atoms with van der Waals surface area (Å²) < 4.78 is 31.9. The number of nitrogens with zero attached hydrogens (tertiary/aromatic N) is 6. The number of halogens is 2. The van der Waals surface area contributed by atoms with Crippen LogP contribution in [0.4, 0.5) is 14.7 Å². The van der Waals surface area contributed by atoms with Crippen molar-refractivity contribution in [2.75, 3.05) is 25.0 Å². The summed E-state index contributed by atoms with van der Waals surface area (Å²) in [7, 11) is 0. The van der Waals surface area contributed by atoms with Gasteiger partial charge in [0.2, 0.25) is 5.95 Å². The highest BCUT2D eigenvalue weighted by atomic mass is 19.1. The maximum atomic E-state index is 15.0. The van der Waals surface area contributed by atoms with Gasteiger partial charge in [0.05, 0.1) is 17.8 Å². The summed E-state index contributed by atoms with van der Waals surface area (Å²) in [4.78, 5) is 19.2. The lowest BCUT2D eigenvalue weighted by Gasteiger charge is -2.37. The van der Waals surface area contributed by atoms with Crippen LogP contribution in [0, 0.1) is 30.4 Å². The van der Waals surface area contributed by atoms with Crippen LogP contribution in [0.25, 0.3) is 22.3 Å². The van der Waals surface area contributed by atoms with E-state index < -0.39 is 17.7 Å². The Morgan fingerprint density at radius 2 is 1.88 bits per heavy atom. The Bertz CT molecular complexity index is 1450. The Morgan fingerprint density at radius 3 is 2.49 bits per heavy atom. The molecule has 1 saturated heterocycles. The largest absolute Gasteiger partial charge is 0.393 e. The fraction of sp³-hybridized carbons (Fsp3) is 0.484. The highest BCUT2D eigenvalue weighted by Crippen LogP contribution is 2.33. The van der Waals surface area contributed by atoms with Gasteiger partial charge < -0.3 is 19.9 Å². The third-order valence-corrected chi connectivity index (χ3v) is 8.01. The summed E-state index contributed by atoms with van der Waals surface area (Å²) in [5.74, 6) is 0.333. The molecule has 0 aliphatic carbocycles. The van der Waals surface area contributed by atoms with E-state index in [2.05, 4.69) is 43.8 Å². The Labute approximate surface area is 240 Å². The number of hydrogen-bond donors (Lipinski definition) is 2. The van der Waals surface area contributed by atoms with Crippen molar-refractivity contribution in [2.24, 2.45) is 16.8 Å². The summed E-state index contributed by atoms with van der Waals surface area (Å²) in [6, 6.07) is 2.98. The van der Waals surface area contributed by atoms with Gasteiger partial charge in [0.1, 0.15) is 22.9 Å². The zero-order valence-corrected chi connectivity index (χ0v) is 24.8. The number of allylic oxidation sites excluding steroid dienone is 2. The number of benzene rings is 1. The van der Waals surface area contributed by atoms with Crippen molar-refractivity contribution in [1.29, 1.82) is 0 Å². The predicted octanol–water partition coefficient (Wildman–Crippen LogP) is 6.29. The van der Waals surface area contributed by atoms with Gasteiger partial charge in [-0.1, -0.05) is 18.6 Å². The van der Waals surface area contributed by atoms with Crippen molar-refractivity contribution >= 4 is 23.7 Å². The average molecular weight is 566 g/mol. The first-order valence-corrected chi connectivity index (χ1v) is 14.3. The molecule has 10 heteroatoms. The lowest BCUT2D eigenvalue weighted by atomic mass is 9.77. The second-order valence-electron chi connectivity index (χ2n) is 11.1. The number of hydrogen-bond acceptors (Lipinski definition) is 7. The van der Waals surface area contributed by atoms with Gasteiger partial charge in [-0.25, -0.2) is 28.7 Å². The van der Waals surface area contributed by atoms with Crippen LogP contribution in [0.1, 0.15) is 59.3 Å². The van der Waals surface area contributed by atoms with Gasteiger partial charge in [-0.15, -0.1) is 0 Å². The topological polar surface area (TPSA) is 91.5 Å². The lowest BCUT2D eigenvalue weighted by molar-refractivity contribution is 0.0744. The number of aliphatic imine (C=N–C) groups is 1. The van der Waals surface area contributed by atoms with Crippen LogP contribution in [0.3, 0.4) is 0 Å². The summed E-state index contributed by atoms with van der Waals surface area (Å²) in [6.07, 6.45) is 6.32. The number of nitrogens with one attached hydrogen (secondary N) is 1. The van der Waals surface area contributed by atoms with Gasteiger partial charge in [-0.05, 0) is 97.9 Å². The minimum absolute atomic E-state index is 0.0257. The minimum atomic E-state index is -0.677. The van der Waals surface area contributed by atoms with E-state index in [0.717, 1.165) is 44.2 Å². The molecule has 2 aromatic heterocycles. The normalized spacial score (nSPS) is 17.3. The molecule has 0 radical (unpaired) electrons. The molecule has 4 rings (SSSR count). The SMILES string of the molecule is C=N/C(=C\C=C(/C)[C@H](C1CCN(CC)CC1)[C@H](C)O)Nc1ncc(F)c(-c2cc(F)c3nc(C)n(C(C)C)c3c2)n1. The summed E-state index contributed by atoms with van der Waals surface area (Å²) in [6.45, 7) is 18.6. The molecule has 1 aliphatic rings. The smallest absolute Gasteiger partial charge is 0.229 e. The fourth-order valence-corrected chi connectivity index (χ4v) is 6.03. The van der Waals surface area contributed by atoms with Crippen LogP contribution < -0.4 is 5.32 Å². The number of imidazole rings is 1. The fourth-order valence-electron chi connectivity index (χ4n) is 6.03. The first kappa shape index (κ1) is 30.5. The van der Waals surface area contributed by atoms with Crippen molar-refractivity contribution < 1.29 is 13.9 Å². The van der Waals surface area contributed by atoms with E-state index in [-0.39, 0.29) is 34.7 Å². The molecule has 3 aromatic rings. The van der Waals surface area contributed by atoms with Crippen molar-refractivity contribution in [3.05, 3.63) is 59.3 Å². The number of aryl methyl sites for hydroxylation is 1. The highest BCUT2D eigenvalue weighted by molar-refractivity contribution is 5.83. The maximum Gasteiger partial charge on any atom is 0.229 e. The molecular formula is C31H41F2N7O. The van der Waals surface area contributed by atoms with Crippen molar-refractivity contribution in [3.8, 4) is 11.3 Å². The molecule has 1 aliphatic heterocycles. The molecule has 0 unspecified atom stereocenters. The second-order valence-corrected chi connectivity index (χ2v) is 11.1. The Balaban J connectivity index is 1.60. The van der Waals surface area contributed by atoms with Gasteiger partial charge in [-0.3, -0.25) is 0 Å². The highest BCUT2D eigenvalue weighted by Gasteiger charge is 2.30. The van der Waals surface area contributed by atoms with E-state index in [4.69, 9.17) is 0 Å². The number of rotatable bonds is 10. The minimum Gasteiger partial charge on any atom is -0.393 e. The molecule has 220 valence electrons. The van der Waals surface area contributed by atoms with E-state index in [1.165, 1.54) is 6.07 Å². The second kappa shape index (κ2) is 13.0. The number of likely N-dealkylation sites (tertiary alicyclic amines) is 1. The van der Waals surface area contributed by atoms with E-state index in [1.807, 2.05) is 45.3 Å². The monoisotopic (exact) mass is 565 g/mol. The third kappa shape index (κ3) is 6.70. The predicted molar refractivity (Wildman–Crippen MR) is 161 cm³/mol. The zero-order valence-electron chi connectivity index (χ0n) is 24.8. The Kier molecular flexibility index (Phi) is 9.65. The van der Waals surface area contributed by atoms with Crippen LogP contribution in [0.2, 0.25) is 0 Å². The molecule has 41 heavy (non-hydrogen) atoms. The molecule has 0 saturated carbocycles. The van der Waals surface area contributed by atoms with Crippen LogP contribution in [-0.4, -0.2) is 62.0 Å². The number of aromatic nitrogens is 4. The molecule has 8 nitrogen and oxygen atoms in total. The Hall–Kier alpha value is -3.50. The molecule has 1 aromatic carbocycles. The van der Waals surface area contributed by atoms with Gasteiger partial charge in [0.15, 0.2) is 11.6 Å². The van der Waals surface area contributed by atoms with Crippen LogP contribution in [0.5, 0.6) is 0 Å². The van der Waals surface area contributed by atoms with Gasteiger partial charge >= 0.3 is 0 Å². The van der Waals surface area contributed by atoms with Gasteiger partial charge in [0, 0.05) is 17.5 Å². The lowest BCUT2D eigenvalue weighted by Crippen LogP contribution is -2.38. The first-order chi connectivity index (χ1) is 19.5. The van der Waals surface area contributed by atoms with E-state index in [0.29, 0.717) is 23.1 Å². The number of anilines is 1. The van der Waals surface area contributed by atoms with Crippen LogP contribution >= 0.6 is 0 Å². The van der Waals surface area contributed by atoms with Crippen LogP contribution in [0.15, 0.2) is 46.9 Å². The summed E-state index contributed by atoms with van der Waals surface area (Å²) in [5.41, 5.74) is 2.09. The number of fused-ring (bicyclic) bond motifs is 1. The first-order valence-electron chi connectivity index (χ1n) is 14.3. The van der Waals surface area contributed by atoms with Crippen molar-refractivity contribution in [3.63, 3.8) is 0 Å². The van der Waals surface area contributed by atoms with Gasteiger partial charge in [0.25, 0.3) is 0 Å².